The summed E-state index contributed by atoms with van der Waals surface area (Å²) >= 11 is 1.56. The summed E-state index contributed by atoms with van der Waals surface area (Å²) in [4.78, 5) is 35.8. The van der Waals surface area contributed by atoms with Crippen molar-refractivity contribution in [3.05, 3.63) is 35.0 Å². The van der Waals surface area contributed by atoms with Crippen LogP contribution in [0.15, 0.2) is 23.7 Å². The molecule has 9 nitrogen and oxygen atoms in total. The highest BCUT2D eigenvalue weighted by Gasteiger charge is 2.41. The highest BCUT2D eigenvalue weighted by Crippen LogP contribution is 2.36. The van der Waals surface area contributed by atoms with Crippen molar-refractivity contribution >= 4 is 23.2 Å². The lowest BCUT2D eigenvalue weighted by molar-refractivity contribution is -0.142. The van der Waals surface area contributed by atoms with Gasteiger partial charge in [-0.1, -0.05) is 32.9 Å². The Bertz CT molecular complexity index is 1150. The number of aromatic nitrogens is 1. The van der Waals surface area contributed by atoms with Crippen molar-refractivity contribution in [1.82, 2.24) is 20.1 Å². The molecule has 39 heavy (non-hydrogen) atoms. The molecule has 2 aromatic rings. The third-order valence-electron chi connectivity index (χ3n) is 8.11. The summed E-state index contributed by atoms with van der Waals surface area (Å²) in [6.07, 6.45) is 1.22. The van der Waals surface area contributed by atoms with Crippen LogP contribution < -0.4 is 10.1 Å². The number of amides is 2. The Kier molecular flexibility index (Phi) is 9.64. The van der Waals surface area contributed by atoms with Gasteiger partial charge in [0.1, 0.15) is 17.9 Å². The van der Waals surface area contributed by atoms with Crippen molar-refractivity contribution in [3.63, 3.8) is 0 Å². The number of piperidine rings is 1. The van der Waals surface area contributed by atoms with Crippen LogP contribution in [0.1, 0.15) is 57.3 Å². The number of nitrogens with one attached hydrogen (secondary N) is 1. The monoisotopic (exact) mass is 558 g/mol. The number of benzene rings is 1. The highest BCUT2D eigenvalue weighted by atomic mass is 32.1. The molecule has 4 unspecified atom stereocenters. The molecule has 2 aliphatic rings. The fourth-order valence-corrected chi connectivity index (χ4v) is 6.07. The molecule has 10 heteroatoms. The maximum atomic E-state index is 13.5. The summed E-state index contributed by atoms with van der Waals surface area (Å²) in [5.74, 6) is -0.0528. The second kappa shape index (κ2) is 12.8. The van der Waals surface area contributed by atoms with E-state index in [1.807, 2.05) is 51.4 Å². The van der Waals surface area contributed by atoms with Crippen LogP contribution in [0.4, 0.5) is 0 Å². The molecule has 0 radical (unpaired) electrons. The van der Waals surface area contributed by atoms with Crippen LogP contribution in [-0.2, 0) is 9.59 Å². The van der Waals surface area contributed by atoms with Gasteiger partial charge in [-0.05, 0) is 44.4 Å². The third-order valence-corrected chi connectivity index (χ3v) is 9.09. The van der Waals surface area contributed by atoms with Gasteiger partial charge in [-0.25, -0.2) is 4.98 Å². The molecule has 1 aromatic carbocycles. The number of likely N-dealkylation sites (tertiary alicyclic amines) is 2. The Morgan fingerprint density at radius 1 is 1.23 bits per heavy atom. The smallest absolute Gasteiger partial charge is 0.243 e. The van der Waals surface area contributed by atoms with Crippen LogP contribution in [0.5, 0.6) is 5.75 Å². The van der Waals surface area contributed by atoms with Gasteiger partial charge in [0, 0.05) is 37.5 Å². The first-order valence-electron chi connectivity index (χ1n) is 13.9. The minimum absolute atomic E-state index is 0.0309. The molecule has 0 saturated carbocycles. The number of β-amino-alcohol motifs (C(OH)–C–C–N with tert-alkyl or cyclic N) is 1. The van der Waals surface area contributed by atoms with Crippen molar-refractivity contribution in [2.45, 2.75) is 71.2 Å². The van der Waals surface area contributed by atoms with Crippen molar-refractivity contribution < 1.29 is 24.5 Å². The lowest BCUT2D eigenvalue weighted by Crippen LogP contribution is -2.49. The summed E-state index contributed by atoms with van der Waals surface area (Å²) in [6.45, 7) is 9.43. The lowest BCUT2D eigenvalue weighted by Gasteiger charge is -2.31. The van der Waals surface area contributed by atoms with E-state index in [-0.39, 0.29) is 49.3 Å². The van der Waals surface area contributed by atoms with Crippen LogP contribution in [-0.4, -0.2) is 88.3 Å². The van der Waals surface area contributed by atoms with Crippen LogP contribution in [0.2, 0.25) is 0 Å². The number of nitrogens with zero attached hydrogens (tertiary/aromatic N) is 3. The molecule has 0 aliphatic carbocycles. The van der Waals surface area contributed by atoms with Gasteiger partial charge in [-0.2, -0.15) is 0 Å². The van der Waals surface area contributed by atoms with E-state index in [2.05, 4.69) is 22.2 Å². The van der Waals surface area contributed by atoms with Gasteiger partial charge in [-0.3, -0.25) is 9.59 Å². The fraction of sp³-hybridized carbons (Fsp3) is 0.621. The van der Waals surface area contributed by atoms with Crippen molar-refractivity contribution in [1.29, 1.82) is 0 Å². The highest BCUT2D eigenvalue weighted by molar-refractivity contribution is 7.13. The molecule has 0 spiro atoms. The van der Waals surface area contributed by atoms with Crippen LogP contribution in [0.25, 0.3) is 10.4 Å². The quantitative estimate of drug-likeness (QED) is 0.433. The van der Waals surface area contributed by atoms with E-state index in [1.165, 1.54) is 4.90 Å². The molecule has 1 aromatic heterocycles. The third kappa shape index (κ3) is 6.80. The zero-order valence-corrected chi connectivity index (χ0v) is 24.4. The number of carbonyl (C=O) groups is 2. The molecule has 2 amide bonds. The van der Waals surface area contributed by atoms with Crippen molar-refractivity contribution in [2.24, 2.45) is 11.8 Å². The number of carbonyl (C=O) groups excluding carboxylic acids is 2. The van der Waals surface area contributed by atoms with E-state index < -0.39 is 18.2 Å². The van der Waals surface area contributed by atoms with E-state index >= 15 is 0 Å². The van der Waals surface area contributed by atoms with E-state index in [1.54, 1.807) is 11.3 Å². The number of hydrogen-bond donors (Lipinski definition) is 3. The summed E-state index contributed by atoms with van der Waals surface area (Å²) in [5, 5.41) is 23.7. The number of aryl methyl sites for hydroxylation is 1. The standard InChI is InChI=1S/C29H42N4O5S/c1-17(2)18(3)29(37)33-14-21(35)13-25(33)28(36)31-24(15-34)23-7-6-20(27-19(4)30-16-39-27)12-26(23)38-22-8-10-32(5)11-9-22/h6-7,12,16-18,21-22,24-25,34-35H,8-11,13-15H2,1-5H3,(H,31,36). The van der Waals surface area contributed by atoms with Gasteiger partial charge >= 0.3 is 0 Å². The second-order valence-corrected chi connectivity index (χ2v) is 12.2. The number of aliphatic hydroxyl groups is 2. The maximum absolute atomic E-state index is 13.5. The Morgan fingerprint density at radius 2 is 1.95 bits per heavy atom. The molecule has 2 fully saturated rings. The number of rotatable bonds is 9. The number of hydrogen-bond acceptors (Lipinski definition) is 8. The predicted octanol–water partition coefficient (Wildman–Crippen LogP) is 3.00. The molecule has 214 valence electrons. The predicted molar refractivity (Wildman–Crippen MR) is 152 cm³/mol. The molecule has 2 saturated heterocycles. The maximum Gasteiger partial charge on any atom is 0.243 e. The fourth-order valence-electron chi connectivity index (χ4n) is 5.27. The average molecular weight is 559 g/mol. The second-order valence-electron chi connectivity index (χ2n) is 11.3. The van der Waals surface area contributed by atoms with Gasteiger partial charge in [0.25, 0.3) is 0 Å². The first-order chi connectivity index (χ1) is 18.6. The van der Waals surface area contributed by atoms with Gasteiger partial charge in [0.05, 0.1) is 34.8 Å². The van der Waals surface area contributed by atoms with Gasteiger partial charge in [0.2, 0.25) is 11.8 Å². The number of aliphatic hydroxyl groups excluding tert-OH is 2. The number of thiazole rings is 1. The van der Waals surface area contributed by atoms with E-state index in [4.69, 9.17) is 4.74 Å². The largest absolute Gasteiger partial charge is 0.490 e. The molecule has 3 N–H and O–H groups in total. The molecule has 3 heterocycles. The minimum atomic E-state index is -0.792. The minimum Gasteiger partial charge on any atom is -0.490 e. The normalized spacial score (nSPS) is 22.2. The summed E-state index contributed by atoms with van der Waals surface area (Å²) in [7, 11) is 2.10. The topological polar surface area (TPSA) is 115 Å². The summed E-state index contributed by atoms with van der Waals surface area (Å²) in [5.41, 5.74) is 4.41. The average Bonchev–Trinajstić information content (AvgIpc) is 3.53. The van der Waals surface area contributed by atoms with E-state index in [9.17, 15) is 19.8 Å². The zero-order chi connectivity index (χ0) is 28.3. The lowest BCUT2D eigenvalue weighted by atomic mass is 9.96. The van der Waals surface area contributed by atoms with Gasteiger partial charge in [0.15, 0.2) is 0 Å². The van der Waals surface area contributed by atoms with Crippen LogP contribution in [0, 0.1) is 18.8 Å². The van der Waals surface area contributed by atoms with Crippen molar-refractivity contribution in [3.8, 4) is 16.2 Å². The molecule has 2 aliphatic heterocycles. The molecule has 4 atom stereocenters. The van der Waals surface area contributed by atoms with Crippen molar-refractivity contribution in [2.75, 3.05) is 33.3 Å². The molecule has 4 rings (SSSR count). The number of ether oxygens (including phenoxy) is 1. The Labute approximate surface area is 235 Å². The Morgan fingerprint density at radius 3 is 2.56 bits per heavy atom. The van der Waals surface area contributed by atoms with Crippen LogP contribution in [0.3, 0.4) is 0 Å². The Hall–Kier alpha value is -2.53. The first-order valence-corrected chi connectivity index (χ1v) is 14.8. The van der Waals surface area contributed by atoms with E-state index in [0.717, 1.165) is 42.1 Å². The van der Waals surface area contributed by atoms with E-state index in [0.29, 0.717) is 11.3 Å². The molecular formula is C29H42N4O5S. The SMILES string of the molecule is Cc1ncsc1-c1ccc(C(CO)NC(=O)C2CC(O)CN2C(=O)C(C)C(C)C)c(OC2CCN(C)CC2)c1. The zero-order valence-electron chi connectivity index (χ0n) is 23.6. The Balaban J connectivity index is 1.59. The van der Waals surface area contributed by atoms with Crippen LogP contribution >= 0.6 is 11.3 Å². The van der Waals surface area contributed by atoms with Gasteiger partial charge < -0.3 is 30.1 Å². The van der Waals surface area contributed by atoms with Gasteiger partial charge in [-0.15, -0.1) is 11.3 Å². The molecule has 0 bridgehead atoms. The summed E-state index contributed by atoms with van der Waals surface area (Å²) < 4.78 is 6.53. The molecular weight excluding hydrogens is 516 g/mol. The summed E-state index contributed by atoms with van der Waals surface area (Å²) in [6, 6.07) is 4.31. The first kappa shape index (κ1) is 29.5.